The van der Waals surface area contributed by atoms with E-state index >= 15 is 0 Å². The van der Waals surface area contributed by atoms with Gasteiger partial charge in [-0.3, -0.25) is 9.82 Å². The molecule has 8 nitrogen and oxygen atoms in total. The fourth-order valence-corrected chi connectivity index (χ4v) is 2.18. The normalized spacial score (nSPS) is 11.4. The lowest BCUT2D eigenvalue weighted by Gasteiger charge is -2.04. The quantitative estimate of drug-likeness (QED) is 0.735. The number of hydrogen-bond acceptors (Lipinski definition) is 6. The molecule has 0 saturated carbocycles. The molecule has 90 valence electrons. The summed E-state index contributed by atoms with van der Waals surface area (Å²) in [6.07, 6.45) is 1.10. The van der Waals surface area contributed by atoms with Crippen LogP contribution in [0.2, 0.25) is 5.15 Å². The first-order valence-corrected chi connectivity index (χ1v) is 6.16. The van der Waals surface area contributed by atoms with E-state index in [0.29, 0.717) is 0 Å². The maximum atomic E-state index is 11.8. The summed E-state index contributed by atoms with van der Waals surface area (Å²) in [6, 6.07) is 2.79. The lowest BCUT2D eigenvalue weighted by Crippen LogP contribution is -2.15. The molecule has 0 unspecified atom stereocenters. The molecule has 0 aliphatic carbocycles. The number of H-pyrrole nitrogens is 1. The fraction of sp³-hybridized carbons (Fsp3) is 0. The van der Waals surface area contributed by atoms with Gasteiger partial charge in [-0.15, -0.1) is 10.2 Å². The zero-order chi connectivity index (χ0) is 12.5. The van der Waals surface area contributed by atoms with E-state index in [1.54, 1.807) is 0 Å². The summed E-state index contributed by atoms with van der Waals surface area (Å²) in [5.74, 6) is -0.0191. The molecule has 0 aromatic carbocycles. The van der Waals surface area contributed by atoms with Crippen LogP contribution in [0.5, 0.6) is 0 Å². The van der Waals surface area contributed by atoms with Gasteiger partial charge in [-0.05, 0) is 12.1 Å². The summed E-state index contributed by atoms with van der Waals surface area (Å²) in [7, 11) is -3.83. The Morgan fingerprint density at radius 2 is 2.12 bits per heavy atom. The molecule has 0 atom stereocenters. The van der Waals surface area contributed by atoms with Gasteiger partial charge in [0.2, 0.25) is 0 Å². The maximum Gasteiger partial charge on any atom is 0.268 e. The predicted molar refractivity (Wildman–Crippen MR) is 60.9 cm³/mol. The van der Waals surface area contributed by atoms with Crippen LogP contribution in [0, 0.1) is 0 Å². The zero-order valence-electron chi connectivity index (χ0n) is 8.25. The number of aromatic amines is 1. The number of aromatic nitrogens is 4. The number of nitrogens with zero attached hydrogens (tertiary/aromatic N) is 3. The third-order valence-electron chi connectivity index (χ3n) is 1.79. The van der Waals surface area contributed by atoms with E-state index in [-0.39, 0.29) is 21.7 Å². The van der Waals surface area contributed by atoms with Crippen molar-refractivity contribution in [1.29, 1.82) is 0 Å². The number of halogens is 1. The largest absolute Gasteiger partial charge is 0.383 e. The monoisotopic (exact) mass is 274 g/mol. The lowest BCUT2D eigenvalue weighted by molar-refractivity contribution is 0.601. The molecular weight excluding hydrogens is 268 g/mol. The van der Waals surface area contributed by atoms with Gasteiger partial charge in [-0.2, -0.15) is 5.10 Å². The molecule has 0 bridgehead atoms. The highest BCUT2D eigenvalue weighted by Gasteiger charge is 2.19. The minimum Gasteiger partial charge on any atom is -0.383 e. The Bertz CT molecular complexity index is 622. The number of rotatable bonds is 3. The van der Waals surface area contributed by atoms with Crippen molar-refractivity contribution >= 4 is 33.3 Å². The second-order valence-corrected chi connectivity index (χ2v) is 5.03. The van der Waals surface area contributed by atoms with Crippen molar-refractivity contribution in [1.82, 2.24) is 20.4 Å². The van der Waals surface area contributed by atoms with Gasteiger partial charge in [0.15, 0.2) is 11.0 Å². The molecule has 2 aromatic rings. The molecule has 0 aliphatic heterocycles. The number of hydrogen-bond donors (Lipinski definition) is 3. The van der Waals surface area contributed by atoms with Crippen LogP contribution in [-0.2, 0) is 10.0 Å². The molecule has 0 radical (unpaired) electrons. The Labute approximate surface area is 101 Å². The SMILES string of the molecule is Nc1[nH]ncc1S(=O)(=O)Nc1ccc(Cl)nn1. The Balaban J connectivity index is 2.30. The average Bonchev–Trinajstić information content (AvgIpc) is 2.68. The van der Waals surface area contributed by atoms with Crippen molar-refractivity contribution in [2.24, 2.45) is 0 Å². The fourth-order valence-electron chi connectivity index (χ4n) is 1.06. The number of nitrogens with one attached hydrogen (secondary N) is 2. The number of sulfonamides is 1. The maximum absolute atomic E-state index is 11.8. The van der Waals surface area contributed by atoms with Crippen molar-refractivity contribution in [2.75, 3.05) is 10.5 Å². The summed E-state index contributed by atoms with van der Waals surface area (Å²) in [5, 5.41) is 13.1. The molecule has 0 aliphatic rings. The molecule has 10 heteroatoms. The standard InChI is InChI=1S/C7H7ClN6O2S/c8-5-1-2-6(12-11-5)14-17(15,16)4-3-10-13-7(4)9/h1-3H,(H,12,14)(H3,9,10,13). The Kier molecular flexibility index (Phi) is 2.86. The highest BCUT2D eigenvalue weighted by atomic mass is 35.5. The summed E-state index contributed by atoms with van der Waals surface area (Å²) in [6.45, 7) is 0. The van der Waals surface area contributed by atoms with Gasteiger partial charge >= 0.3 is 0 Å². The van der Waals surface area contributed by atoms with Crippen LogP contribution in [-0.4, -0.2) is 28.8 Å². The van der Waals surface area contributed by atoms with Gasteiger partial charge in [0, 0.05) is 0 Å². The van der Waals surface area contributed by atoms with Gasteiger partial charge in [0.25, 0.3) is 10.0 Å². The first-order valence-electron chi connectivity index (χ1n) is 4.30. The van der Waals surface area contributed by atoms with Crippen molar-refractivity contribution in [3.63, 3.8) is 0 Å². The summed E-state index contributed by atoms with van der Waals surface area (Å²) in [4.78, 5) is -0.158. The van der Waals surface area contributed by atoms with Crippen LogP contribution in [0.25, 0.3) is 0 Å². The van der Waals surface area contributed by atoms with Crippen molar-refractivity contribution in [3.05, 3.63) is 23.5 Å². The van der Waals surface area contributed by atoms with Gasteiger partial charge in [0.1, 0.15) is 10.7 Å². The van der Waals surface area contributed by atoms with E-state index in [1.165, 1.54) is 12.1 Å². The number of nitrogen functional groups attached to an aromatic ring is 1. The Morgan fingerprint density at radius 1 is 1.35 bits per heavy atom. The van der Waals surface area contributed by atoms with Crippen molar-refractivity contribution in [3.8, 4) is 0 Å². The zero-order valence-corrected chi connectivity index (χ0v) is 9.83. The average molecular weight is 275 g/mol. The number of anilines is 2. The van der Waals surface area contributed by atoms with E-state index in [1.807, 2.05) is 0 Å². The minimum absolute atomic E-state index is 0.0370. The third-order valence-corrected chi connectivity index (χ3v) is 3.38. The van der Waals surface area contributed by atoms with Crippen LogP contribution in [0.15, 0.2) is 23.2 Å². The van der Waals surface area contributed by atoms with Crippen LogP contribution in [0.3, 0.4) is 0 Å². The first-order chi connectivity index (χ1) is 7.99. The van der Waals surface area contributed by atoms with Gasteiger partial charge in [0.05, 0.1) is 6.20 Å². The van der Waals surface area contributed by atoms with Crippen LogP contribution >= 0.6 is 11.6 Å². The van der Waals surface area contributed by atoms with Gasteiger partial charge < -0.3 is 5.73 Å². The van der Waals surface area contributed by atoms with E-state index in [9.17, 15) is 8.42 Å². The second kappa shape index (κ2) is 4.18. The van der Waals surface area contributed by atoms with Crippen LogP contribution in [0.4, 0.5) is 11.6 Å². The first kappa shape index (κ1) is 11.6. The summed E-state index contributed by atoms with van der Waals surface area (Å²) in [5.41, 5.74) is 5.41. The molecule has 2 heterocycles. The Morgan fingerprint density at radius 3 is 2.65 bits per heavy atom. The molecule has 2 aromatic heterocycles. The van der Waals surface area contributed by atoms with Gasteiger partial charge in [-0.25, -0.2) is 8.42 Å². The van der Waals surface area contributed by atoms with Crippen LogP contribution < -0.4 is 10.5 Å². The summed E-state index contributed by atoms with van der Waals surface area (Å²) >= 11 is 5.52. The molecule has 2 rings (SSSR count). The number of nitrogens with two attached hydrogens (primary N) is 1. The van der Waals surface area contributed by atoms with E-state index < -0.39 is 10.0 Å². The second-order valence-electron chi connectivity index (χ2n) is 2.99. The van der Waals surface area contributed by atoms with Gasteiger partial charge in [-0.1, -0.05) is 11.6 Å². The van der Waals surface area contributed by atoms with Crippen molar-refractivity contribution < 1.29 is 8.42 Å². The minimum atomic E-state index is -3.83. The van der Waals surface area contributed by atoms with E-state index in [2.05, 4.69) is 25.1 Å². The molecule has 0 spiro atoms. The lowest BCUT2D eigenvalue weighted by atomic mass is 10.5. The third kappa shape index (κ3) is 2.45. The highest BCUT2D eigenvalue weighted by Crippen LogP contribution is 2.17. The van der Waals surface area contributed by atoms with E-state index in [0.717, 1.165) is 6.20 Å². The molecular formula is C7H7ClN6O2S. The molecule has 4 N–H and O–H groups in total. The molecule has 0 amide bonds. The molecule has 17 heavy (non-hydrogen) atoms. The predicted octanol–water partition coefficient (Wildman–Crippen LogP) is 0.236. The van der Waals surface area contributed by atoms with E-state index in [4.69, 9.17) is 17.3 Å². The highest BCUT2D eigenvalue weighted by molar-refractivity contribution is 7.92. The summed E-state index contributed by atoms with van der Waals surface area (Å²) < 4.78 is 25.8. The molecule has 0 fully saturated rings. The Hall–Kier alpha value is -1.87. The molecule has 0 saturated heterocycles. The van der Waals surface area contributed by atoms with Crippen LogP contribution in [0.1, 0.15) is 0 Å². The topological polar surface area (TPSA) is 127 Å². The van der Waals surface area contributed by atoms with Crippen molar-refractivity contribution in [2.45, 2.75) is 4.90 Å². The smallest absolute Gasteiger partial charge is 0.268 e.